The number of benzene rings is 2. The second-order valence-corrected chi connectivity index (χ2v) is 10.6. The van der Waals surface area contributed by atoms with Crippen LogP contribution in [0.1, 0.15) is 22.1 Å². The fourth-order valence-corrected chi connectivity index (χ4v) is 6.34. The van der Waals surface area contributed by atoms with Crippen molar-refractivity contribution in [1.82, 2.24) is 10.2 Å². The summed E-state index contributed by atoms with van der Waals surface area (Å²) in [6, 6.07) is 21.6. The van der Waals surface area contributed by atoms with Crippen LogP contribution in [0.2, 0.25) is 0 Å². The molecule has 0 bridgehead atoms. The average Bonchev–Trinajstić information content (AvgIpc) is 3.44. The van der Waals surface area contributed by atoms with Gasteiger partial charge in [0.1, 0.15) is 17.1 Å². The van der Waals surface area contributed by atoms with E-state index in [-0.39, 0.29) is 18.0 Å². The van der Waals surface area contributed by atoms with Gasteiger partial charge in [0.05, 0.1) is 12.6 Å². The molecule has 188 valence electrons. The quantitative estimate of drug-likeness (QED) is 0.150. The standard InChI is InChI=1S/C27H23N3O5S2/c31-21(14-20-12-7-13-36-20)29-22-25(32)30-23(19(15-28-34)16-37-26(22)30)27(33)35-24(17-8-3-1-4-9-17)18-10-5-2-6-11-18/h1-13,15,22,24,26,34H,14,16H2,(H,29,31)/b28-15+/t22-,26-/m1/s1. The summed E-state index contributed by atoms with van der Waals surface area (Å²) in [7, 11) is 0. The molecule has 0 unspecified atom stereocenters. The number of hydrogen-bond donors (Lipinski definition) is 2. The largest absolute Gasteiger partial charge is 0.448 e. The van der Waals surface area contributed by atoms with Crippen LogP contribution in [-0.2, 0) is 25.5 Å². The molecular formula is C27H23N3O5S2. The van der Waals surface area contributed by atoms with Crippen LogP contribution >= 0.6 is 23.1 Å². The van der Waals surface area contributed by atoms with Crippen molar-refractivity contribution in [2.75, 3.05) is 5.75 Å². The van der Waals surface area contributed by atoms with Gasteiger partial charge < -0.3 is 15.3 Å². The summed E-state index contributed by atoms with van der Waals surface area (Å²) < 4.78 is 6.00. The molecule has 0 aliphatic carbocycles. The van der Waals surface area contributed by atoms with Crippen LogP contribution in [0.15, 0.2) is 94.6 Å². The number of carbonyl (C=O) groups excluding carboxylic acids is 3. The molecule has 3 aromatic rings. The van der Waals surface area contributed by atoms with E-state index in [0.717, 1.165) is 22.2 Å². The average molecular weight is 534 g/mol. The first-order valence-corrected chi connectivity index (χ1v) is 13.5. The van der Waals surface area contributed by atoms with Crippen LogP contribution in [-0.4, -0.2) is 51.3 Å². The zero-order valence-corrected chi connectivity index (χ0v) is 21.2. The Bertz CT molecular complexity index is 1300. The van der Waals surface area contributed by atoms with E-state index in [1.807, 2.05) is 78.2 Å². The van der Waals surface area contributed by atoms with Gasteiger partial charge in [-0.2, -0.15) is 0 Å². The molecule has 1 fully saturated rings. The molecule has 2 amide bonds. The molecule has 0 saturated carbocycles. The molecule has 37 heavy (non-hydrogen) atoms. The molecule has 5 rings (SSSR count). The van der Waals surface area contributed by atoms with Crippen LogP contribution in [0.3, 0.4) is 0 Å². The maximum Gasteiger partial charge on any atom is 0.356 e. The molecule has 2 aliphatic heterocycles. The molecule has 2 aromatic carbocycles. The topological polar surface area (TPSA) is 108 Å². The van der Waals surface area contributed by atoms with Crippen LogP contribution in [0, 0.1) is 0 Å². The molecular weight excluding hydrogens is 510 g/mol. The minimum absolute atomic E-state index is 0.0205. The molecule has 1 aromatic heterocycles. The third-order valence-electron chi connectivity index (χ3n) is 6.07. The third kappa shape index (κ3) is 5.16. The first-order chi connectivity index (χ1) is 18.1. The van der Waals surface area contributed by atoms with Gasteiger partial charge >= 0.3 is 5.97 Å². The van der Waals surface area contributed by atoms with Crippen molar-refractivity contribution in [3.05, 3.63) is 105 Å². The van der Waals surface area contributed by atoms with Gasteiger partial charge in [0.25, 0.3) is 5.91 Å². The zero-order valence-electron chi connectivity index (χ0n) is 19.5. The molecule has 0 radical (unpaired) electrons. The van der Waals surface area contributed by atoms with Crippen molar-refractivity contribution in [3.8, 4) is 0 Å². The zero-order chi connectivity index (χ0) is 25.8. The van der Waals surface area contributed by atoms with E-state index in [1.165, 1.54) is 28.0 Å². The highest BCUT2D eigenvalue weighted by Gasteiger charge is 2.54. The predicted octanol–water partition coefficient (Wildman–Crippen LogP) is 3.74. The summed E-state index contributed by atoms with van der Waals surface area (Å²) in [6.45, 7) is 0. The second-order valence-electron chi connectivity index (χ2n) is 8.44. The van der Waals surface area contributed by atoms with Gasteiger partial charge in [-0.25, -0.2) is 4.79 Å². The summed E-state index contributed by atoms with van der Waals surface area (Å²) in [5.41, 5.74) is 1.93. The SMILES string of the molecule is O=C(Cc1cccs1)N[C@@H]1C(=O)N2C(C(=O)OC(c3ccccc3)c3ccccc3)=C(/C=N/O)CS[C@H]12. The second kappa shape index (κ2) is 11.0. The van der Waals surface area contributed by atoms with Gasteiger partial charge in [0.15, 0.2) is 6.10 Å². The fraction of sp³-hybridized carbons (Fsp3) is 0.185. The van der Waals surface area contributed by atoms with Gasteiger partial charge in [-0.3, -0.25) is 14.5 Å². The predicted molar refractivity (Wildman–Crippen MR) is 141 cm³/mol. The Morgan fingerprint density at radius 2 is 1.76 bits per heavy atom. The molecule has 1 saturated heterocycles. The number of β-lactam (4-membered cyclic amide) rings is 1. The number of esters is 1. The van der Waals surface area contributed by atoms with Crippen LogP contribution < -0.4 is 5.32 Å². The molecule has 0 spiro atoms. The number of rotatable bonds is 8. The van der Waals surface area contributed by atoms with E-state index >= 15 is 0 Å². The Kier molecular flexibility index (Phi) is 7.38. The lowest BCUT2D eigenvalue weighted by Crippen LogP contribution is -2.70. The molecule has 10 heteroatoms. The Hall–Kier alpha value is -3.89. The van der Waals surface area contributed by atoms with Gasteiger partial charge in [-0.05, 0) is 22.6 Å². The maximum absolute atomic E-state index is 13.6. The van der Waals surface area contributed by atoms with Gasteiger partial charge in [0.2, 0.25) is 5.91 Å². The lowest BCUT2D eigenvalue weighted by atomic mass is 10.0. The number of carbonyl (C=O) groups is 3. The van der Waals surface area contributed by atoms with Crippen molar-refractivity contribution in [2.24, 2.45) is 5.16 Å². The number of amides is 2. The lowest BCUT2D eigenvalue weighted by Gasteiger charge is -2.49. The number of nitrogens with one attached hydrogen (secondary N) is 1. The number of ether oxygens (including phenoxy) is 1. The Morgan fingerprint density at radius 3 is 2.35 bits per heavy atom. The first-order valence-electron chi connectivity index (χ1n) is 11.5. The number of fused-ring (bicyclic) bond motifs is 1. The van der Waals surface area contributed by atoms with Crippen molar-refractivity contribution in [2.45, 2.75) is 23.9 Å². The van der Waals surface area contributed by atoms with Crippen LogP contribution in [0.5, 0.6) is 0 Å². The Labute approximate surface area is 221 Å². The van der Waals surface area contributed by atoms with Crippen LogP contribution in [0.4, 0.5) is 0 Å². The summed E-state index contributed by atoms with van der Waals surface area (Å²) >= 11 is 2.85. The highest BCUT2D eigenvalue weighted by atomic mass is 32.2. The van der Waals surface area contributed by atoms with Gasteiger partial charge in [-0.1, -0.05) is 71.9 Å². The molecule has 2 aliphatic rings. The monoisotopic (exact) mass is 533 g/mol. The van der Waals surface area contributed by atoms with Crippen molar-refractivity contribution in [1.29, 1.82) is 0 Å². The normalized spacial score (nSPS) is 19.1. The molecule has 3 heterocycles. The van der Waals surface area contributed by atoms with E-state index < -0.39 is 29.4 Å². The number of oxime groups is 1. The highest BCUT2D eigenvalue weighted by Crippen LogP contribution is 2.41. The van der Waals surface area contributed by atoms with E-state index in [1.54, 1.807) is 0 Å². The highest BCUT2D eigenvalue weighted by molar-refractivity contribution is 8.00. The third-order valence-corrected chi connectivity index (χ3v) is 8.24. The number of thiophene rings is 1. The lowest BCUT2D eigenvalue weighted by molar-refractivity contribution is -0.154. The van der Waals surface area contributed by atoms with Gasteiger partial charge in [0, 0.05) is 16.2 Å². The van der Waals surface area contributed by atoms with Gasteiger partial charge in [-0.15, -0.1) is 23.1 Å². The summed E-state index contributed by atoms with van der Waals surface area (Å²) in [6.07, 6.45) is 0.623. The Morgan fingerprint density at radius 1 is 1.08 bits per heavy atom. The van der Waals surface area contributed by atoms with Crippen LogP contribution in [0.25, 0.3) is 0 Å². The van der Waals surface area contributed by atoms with E-state index in [4.69, 9.17) is 4.74 Å². The van der Waals surface area contributed by atoms with Crippen molar-refractivity contribution >= 4 is 47.1 Å². The molecule has 8 nitrogen and oxygen atoms in total. The van der Waals surface area contributed by atoms with E-state index in [9.17, 15) is 19.6 Å². The number of nitrogens with zero attached hydrogens (tertiary/aromatic N) is 2. The van der Waals surface area contributed by atoms with Crippen molar-refractivity contribution < 1.29 is 24.3 Å². The minimum atomic E-state index is -0.757. The number of hydrogen-bond acceptors (Lipinski definition) is 8. The fourth-order valence-electron chi connectivity index (χ4n) is 4.34. The summed E-state index contributed by atoms with van der Waals surface area (Å²) in [4.78, 5) is 41.5. The number of thioether (sulfide) groups is 1. The smallest absolute Gasteiger partial charge is 0.356 e. The van der Waals surface area contributed by atoms with E-state index in [0.29, 0.717) is 11.3 Å². The Balaban J connectivity index is 1.38. The van der Waals surface area contributed by atoms with Crippen molar-refractivity contribution in [3.63, 3.8) is 0 Å². The van der Waals surface area contributed by atoms with E-state index in [2.05, 4.69) is 10.5 Å². The summed E-state index contributed by atoms with van der Waals surface area (Å²) in [5, 5.41) is 16.5. The molecule has 2 N–H and O–H groups in total. The first kappa shape index (κ1) is 24.8. The summed E-state index contributed by atoms with van der Waals surface area (Å²) in [5.74, 6) is -1.08. The molecule has 2 atom stereocenters. The maximum atomic E-state index is 13.6. The minimum Gasteiger partial charge on any atom is -0.448 e.